The second-order valence-electron chi connectivity index (χ2n) is 4.79. The van der Waals surface area contributed by atoms with E-state index in [0.717, 1.165) is 24.2 Å². The number of aliphatic hydroxyl groups excluding tert-OH is 1. The van der Waals surface area contributed by atoms with Gasteiger partial charge in [-0.15, -0.1) is 0 Å². The van der Waals surface area contributed by atoms with Gasteiger partial charge in [-0.25, -0.2) is 4.98 Å². The summed E-state index contributed by atoms with van der Waals surface area (Å²) in [6, 6.07) is 4.51. The van der Waals surface area contributed by atoms with E-state index < -0.39 is 0 Å². The first kappa shape index (κ1) is 12.8. The van der Waals surface area contributed by atoms with Gasteiger partial charge in [-0.2, -0.15) is 5.26 Å². The van der Waals surface area contributed by atoms with Crippen molar-refractivity contribution in [3.8, 4) is 6.07 Å². The second kappa shape index (κ2) is 5.83. The van der Waals surface area contributed by atoms with Crippen LogP contribution in [-0.4, -0.2) is 29.3 Å². The molecular formula is C14H19N3O. The molecule has 0 aromatic carbocycles. The highest BCUT2D eigenvalue weighted by Gasteiger charge is 2.25. The fourth-order valence-electron chi connectivity index (χ4n) is 2.68. The van der Waals surface area contributed by atoms with Crippen molar-refractivity contribution in [2.45, 2.75) is 38.6 Å². The molecule has 0 radical (unpaired) electrons. The van der Waals surface area contributed by atoms with Crippen LogP contribution in [0.25, 0.3) is 0 Å². The minimum Gasteiger partial charge on any atom is -0.395 e. The average Bonchev–Trinajstić information content (AvgIpc) is 2.89. The van der Waals surface area contributed by atoms with Crippen LogP contribution >= 0.6 is 0 Å². The first-order valence-corrected chi connectivity index (χ1v) is 6.51. The third-order valence-electron chi connectivity index (χ3n) is 3.63. The van der Waals surface area contributed by atoms with Crippen LogP contribution in [0.4, 0.5) is 5.82 Å². The second-order valence-corrected chi connectivity index (χ2v) is 4.79. The van der Waals surface area contributed by atoms with Crippen LogP contribution in [0.15, 0.2) is 12.3 Å². The number of hydrogen-bond donors (Lipinski definition) is 1. The number of nitriles is 1. The molecule has 2 rings (SSSR count). The van der Waals surface area contributed by atoms with Gasteiger partial charge >= 0.3 is 0 Å². The average molecular weight is 245 g/mol. The Kier molecular flexibility index (Phi) is 4.16. The maximum absolute atomic E-state index is 9.28. The van der Waals surface area contributed by atoms with Crippen molar-refractivity contribution in [2.75, 3.05) is 18.1 Å². The molecule has 4 heteroatoms. The minimum atomic E-state index is 0.0942. The van der Waals surface area contributed by atoms with Gasteiger partial charge in [0.2, 0.25) is 0 Å². The molecule has 0 spiro atoms. The number of aliphatic hydroxyl groups is 1. The zero-order valence-corrected chi connectivity index (χ0v) is 10.8. The summed E-state index contributed by atoms with van der Waals surface area (Å²) >= 11 is 0. The smallest absolute Gasteiger partial charge is 0.147 e. The summed E-state index contributed by atoms with van der Waals surface area (Å²) in [4.78, 5) is 6.48. The van der Waals surface area contributed by atoms with Crippen molar-refractivity contribution < 1.29 is 5.11 Å². The van der Waals surface area contributed by atoms with E-state index in [9.17, 15) is 10.4 Å². The summed E-state index contributed by atoms with van der Waals surface area (Å²) in [6.45, 7) is 2.57. The third kappa shape index (κ3) is 2.46. The van der Waals surface area contributed by atoms with Crippen molar-refractivity contribution in [1.29, 1.82) is 5.26 Å². The number of hydrogen-bond acceptors (Lipinski definition) is 4. The SMILES string of the molecule is Cc1ccnc(N(CCO)C2CCCC2)c1C#N. The Morgan fingerprint density at radius 3 is 2.83 bits per heavy atom. The molecule has 1 fully saturated rings. The summed E-state index contributed by atoms with van der Waals surface area (Å²) in [6.07, 6.45) is 6.44. The molecule has 1 aliphatic carbocycles. The molecule has 0 aliphatic heterocycles. The molecule has 1 heterocycles. The Balaban J connectivity index is 2.36. The van der Waals surface area contributed by atoms with Gasteiger partial charge in [0, 0.05) is 18.8 Å². The summed E-state index contributed by atoms with van der Waals surface area (Å²) in [7, 11) is 0. The number of aryl methyl sites for hydroxylation is 1. The van der Waals surface area contributed by atoms with E-state index in [1.807, 2.05) is 13.0 Å². The topological polar surface area (TPSA) is 60.1 Å². The molecule has 0 amide bonds. The van der Waals surface area contributed by atoms with Crippen molar-refractivity contribution in [3.63, 3.8) is 0 Å². The molecule has 1 aromatic rings. The summed E-state index contributed by atoms with van der Waals surface area (Å²) in [5.41, 5.74) is 1.58. The van der Waals surface area contributed by atoms with E-state index in [1.54, 1.807) is 6.20 Å². The Bertz CT molecular complexity index is 447. The normalized spacial score (nSPS) is 15.6. The van der Waals surface area contributed by atoms with Gasteiger partial charge < -0.3 is 10.0 Å². The zero-order chi connectivity index (χ0) is 13.0. The lowest BCUT2D eigenvalue weighted by Crippen LogP contribution is -2.37. The van der Waals surface area contributed by atoms with Crippen LogP contribution < -0.4 is 4.90 Å². The summed E-state index contributed by atoms with van der Waals surface area (Å²) < 4.78 is 0. The highest BCUT2D eigenvalue weighted by atomic mass is 16.3. The molecule has 1 aliphatic rings. The Morgan fingerprint density at radius 2 is 2.22 bits per heavy atom. The van der Waals surface area contributed by atoms with E-state index in [-0.39, 0.29) is 6.61 Å². The fourth-order valence-corrected chi connectivity index (χ4v) is 2.68. The van der Waals surface area contributed by atoms with Crippen LogP contribution in [0.3, 0.4) is 0 Å². The first-order chi connectivity index (χ1) is 8.77. The monoisotopic (exact) mass is 245 g/mol. The predicted molar refractivity (Wildman–Crippen MR) is 70.4 cm³/mol. The van der Waals surface area contributed by atoms with E-state index in [2.05, 4.69) is 16.0 Å². The van der Waals surface area contributed by atoms with E-state index >= 15 is 0 Å². The molecule has 1 N–H and O–H groups in total. The lowest BCUT2D eigenvalue weighted by Gasteiger charge is -2.30. The molecule has 0 unspecified atom stereocenters. The maximum Gasteiger partial charge on any atom is 0.147 e. The number of nitrogens with zero attached hydrogens (tertiary/aromatic N) is 3. The number of aromatic nitrogens is 1. The first-order valence-electron chi connectivity index (χ1n) is 6.51. The maximum atomic E-state index is 9.28. The van der Waals surface area contributed by atoms with Gasteiger partial charge in [0.1, 0.15) is 11.9 Å². The molecule has 0 saturated heterocycles. The largest absolute Gasteiger partial charge is 0.395 e. The fraction of sp³-hybridized carbons (Fsp3) is 0.571. The van der Waals surface area contributed by atoms with Gasteiger partial charge in [-0.3, -0.25) is 0 Å². The van der Waals surface area contributed by atoms with Crippen molar-refractivity contribution in [2.24, 2.45) is 0 Å². The highest BCUT2D eigenvalue weighted by Crippen LogP contribution is 2.29. The van der Waals surface area contributed by atoms with Crippen molar-refractivity contribution in [1.82, 2.24) is 4.98 Å². The van der Waals surface area contributed by atoms with Crippen LogP contribution in [0, 0.1) is 18.3 Å². The lowest BCUT2D eigenvalue weighted by atomic mass is 10.1. The zero-order valence-electron chi connectivity index (χ0n) is 10.8. The molecule has 1 saturated carbocycles. The lowest BCUT2D eigenvalue weighted by molar-refractivity contribution is 0.297. The molecular weight excluding hydrogens is 226 g/mol. The van der Waals surface area contributed by atoms with Crippen LogP contribution in [0.1, 0.15) is 36.8 Å². The summed E-state index contributed by atoms with van der Waals surface area (Å²) in [5, 5.41) is 18.5. The Labute approximate surface area is 108 Å². The van der Waals surface area contributed by atoms with E-state index in [1.165, 1.54) is 12.8 Å². The Morgan fingerprint density at radius 1 is 1.50 bits per heavy atom. The van der Waals surface area contributed by atoms with Gasteiger partial charge in [0.15, 0.2) is 0 Å². The molecule has 4 nitrogen and oxygen atoms in total. The minimum absolute atomic E-state index is 0.0942. The molecule has 0 bridgehead atoms. The molecule has 18 heavy (non-hydrogen) atoms. The number of anilines is 1. The van der Waals surface area contributed by atoms with Crippen LogP contribution in [0.2, 0.25) is 0 Å². The van der Waals surface area contributed by atoms with Gasteiger partial charge in [-0.1, -0.05) is 12.8 Å². The van der Waals surface area contributed by atoms with Gasteiger partial charge in [-0.05, 0) is 31.4 Å². The van der Waals surface area contributed by atoms with Gasteiger partial charge in [0.05, 0.1) is 12.2 Å². The standard InChI is InChI=1S/C14H19N3O/c1-11-6-7-16-14(13(11)10-15)17(8-9-18)12-4-2-3-5-12/h6-7,12,18H,2-5,8-9H2,1H3. The van der Waals surface area contributed by atoms with Gasteiger partial charge in [0.25, 0.3) is 0 Å². The van der Waals surface area contributed by atoms with Crippen molar-refractivity contribution >= 4 is 5.82 Å². The Hall–Kier alpha value is -1.60. The quantitative estimate of drug-likeness (QED) is 0.881. The van der Waals surface area contributed by atoms with Crippen molar-refractivity contribution in [3.05, 3.63) is 23.4 Å². The summed E-state index contributed by atoms with van der Waals surface area (Å²) in [5.74, 6) is 0.735. The van der Waals surface area contributed by atoms with Crippen LogP contribution in [0.5, 0.6) is 0 Å². The third-order valence-corrected chi connectivity index (χ3v) is 3.63. The molecule has 96 valence electrons. The number of pyridine rings is 1. The molecule has 1 aromatic heterocycles. The van der Waals surface area contributed by atoms with E-state index in [0.29, 0.717) is 18.2 Å². The molecule has 0 atom stereocenters. The highest BCUT2D eigenvalue weighted by molar-refractivity contribution is 5.57. The number of rotatable bonds is 4. The predicted octanol–water partition coefficient (Wildman–Crippen LogP) is 2.00. The van der Waals surface area contributed by atoms with Crippen LogP contribution in [-0.2, 0) is 0 Å². The van der Waals surface area contributed by atoms with E-state index in [4.69, 9.17) is 0 Å².